The highest BCUT2D eigenvalue weighted by Gasteiger charge is 2.25. The number of amides is 1. The molecule has 1 amide bonds. The summed E-state index contributed by atoms with van der Waals surface area (Å²) in [4.78, 5) is 13.8. The van der Waals surface area contributed by atoms with Crippen LogP contribution < -0.4 is 5.73 Å². The summed E-state index contributed by atoms with van der Waals surface area (Å²) in [7, 11) is 0. The van der Waals surface area contributed by atoms with Gasteiger partial charge in [-0.3, -0.25) is 4.79 Å². The first-order chi connectivity index (χ1) is 7.58. The molecule has 0 bridgehead atoms. The van der Waals surface area contributed by atoms with Crippen LogP contribution in [0.4, 0.5) is 4.39 Å². The van der Waals surface area contributed by atoms with Crippen LogP contribution in [0.2, 0.25) is 0 Å². The predicted octanol–water partition coefficient (Wildman–Crippen LogP) is 1.60. The van der Waals surface area contributed by atoms with E-state index >= 15 is 0 Å². The third kappa shape index (κ3) is 2.35. The van der Waals surface area contributed by atoms with Crippen LogP contribution in [0, 0.1) is 9.39 Å². The average molecular weight is 334 g/mol. The normalized spacial score (nSPS) is 20.2. The number of nitrogens with two attached hydrogens (primary N) is 1. The molecule has 3 nitrogen and oxygen atoms in total. The topological polar surface area (TPSA) is 46.3 Å². The highest BCUT2D eigenvalue weighted by molar-refractivity contribution is 14.1. The lowest BCUT2D eigenvalue weighted by atomic mass is 10.2. The molecule has 86 valence electrons. The van der Waals surface area contributed by atoms with Gasteiger partial charge in [-0.05, 0) is 47.2 Å². The van der Waals surface area contributed by atoms with Gasteiger partial charge >= 0.3 is 0 Å². The zero-order chi connectivity index (χ0) is 11.7. The quantitative estimate of drug-likeness (QED) is 0.793. The van der Waals surface area contributed by atoms with E-state index in [2.05, 4.69) is 0 Å². The van der Waals surface area contributed by atoms with Crippen molar-refractivity contribution in [1.82, 2.24) is 4.90 Å². The summed E-state index contributed by atoms with van der Waals surface area (Å²) in [5.74, 6) is -0.378. The minimum Gasteiger partial charge on any atom is -0.337 e. The molecule has 2 rings (SSSR count). The van der Waals surface area contributed by atoms with Crippen LogP contribution >= 0.6 is 22.6 Å². The summed E-state index contributed by atoms with van der Waals surface area (Å²) in [6, 6.07) is 4.28. The second kappa shape index (κ2) is 4.67. The van der Waals surface area contributed by atoms with Crippen molar-refractivity contribution in [3.05, 3.63) is 33.1 Å². The zero-order valence-electron chi connectivity index (χ0n) is 8.62. The molecule has 1 heterocycles. The molecule has 0 aliphatic carbocycles. The molecule has 1 aliphatic rings. The highest BCUT2D eigenvalue weighted by Crippen LogP contribution is 2.18. The van der Waals surface area contributed by atoms with E-state index in [4.69, 9.17) is 5.73 Å². The van der Waals surface area contributed by atoms with E-state index in [1.54, 1.807) is 4.90 Å². The molecule has 0 aromatic heterocycles. The van der Waals surface area contributed by atoms with Crippen molar-refractivity contribution < 1.29 is 9.18 Å². The predicted molar refractivity (Wildman–Crippen MR) is 67.6 cm³/mol. The Hall–Kier alpha value is -0.690. The van der Waals surface area contributed by atoms with Crippen LogP contribution in [-0.2, 0) is 0 Å². The summed E-state index contributed by atoms with van der Waals surface area (Å²) in [5, 5.41) is 0. The van der Waals surface area contributed by atoms with E-state index in [1.165, 1.54) is 18.2 Å². The fourth-order valence-electron chi connectivity index (χ4n) is 1.81. The first kappa shape index (κ1) is 11.8. The van der Waals surface area contributed by atoms with Crippen molar-refractivity contribution in [1.29, 1.82) is 0 Å². The summed E-state index contributed by atoms with van der Waals surface area (Å²) in [6.07, 6.45) is 0.837. The van der Waals surface area contributed by atoms with Gasteiger partial charge in [-0.1, -0.05) is 0 Å². The van der Waals surface area contributed by atoms with E-state index in [-0.39, 0.29) is 17.8 Å². The van der Waals surface area contributed by atoms with Gasteiger partial charge in [0.2, 0.25) is 0 Å². The molecule has 1 aliphatic heterocycles. The zero-order valence-corrected chi connectivity index (χ0v) is 10.8. The van der Waals surface area contributed by atoms with Crippen molar-refractivity contribution >= 4 is 28.5 Å². The Morgan fingerprint density at radius 3 is 2.88 bits per heavy atom. The summed E-state index contributed by atoms with van der Waals surface area (Å²) < 4.78 is 13.5. The molecule has 1 aromatic rings. The molecule has 1 aromatic carbocycles. The fraction of sp³-hybridized carbons (Fsp3) is 0.364. The Morgan fingerprint density at radius 1 is 1.56 bits per heavy atom. The van der Waals surface area contributed by atoms with Crippen LogP contribution in [0.25, 0.3) is 0 Å². The Labute approximate surface area is 107 Å². The Bertz CT molecular complexity index is 424. The molecule has 1 atom stereocenters. The van der Waals surface area contributed by atoms with Gasteiger partial charge in [0.1, 0.15) is 5.82 Å². The number of likely N-dealkylation sites (tertiary alicyclic amines) is 1. The third-order valence-electron chi connectivity index (χ3n) is 2.67. The van der Waals surface area contributed by atoms with E-state index < -0.39 is 0 Å². The van der Waals surface area contributed by atoms with E-state index in [1.807, 2.05) is 22.6 Å². The number of nitrogens with zero attached hydrogens (tertiary/aromatic N) is 1. The number of rotatable bonds is 1. The maximum absolute atomic E-state index is 12.9. The molecule has 0 unspecified atom stereocenters. The maximum Gasteiger partial charge on any atom is 0.254 e. The molecule has 2 N–H and O–H groups in total. The Balaban J connectivity index is 2.21. The second-order valence-electron chi connectivity index (χ2n) is 3.92. The number of benzene rings is 1. The molecule has 5 heteroatoms. The summed E-state index contributed by atoms with van der Waals surface area (Å²) in [6.45, 7) is 1.28. The highest BCUT2D eigenvalue weighted by atomic mass is 127. The summed E-state index contributed by atoms with van der Waals surface area (Å²) in [5.41, 5.74) is 6.30. The monoisotopic (exact) mass is 334 g/mol. The number of hydrogen-bond donors (Lipinski definition) is 1. The standard InChI is InChI=1S/C11H12FIN2O/c12-7-1-2-9(10(13)5-7)11(16)15-4-3-8(14)6-15/h1-2,5,8H,3-4,6,14H2/t8-/m1/s1. The van der Waals surface area contributed by atoms with Gasteiger partial charge in [0.05, 0.1) is 5.56 Å². The molecule has 1 fully saturated rings. The number of carbonyl (C=O) groups excluding carboxylic acids is 1. The van der Waals surface area contributed by atoms with Crippen LogP contribution in [-0.4, -0.2) is 29.9 Å². The number of carbonyl (C=O) groups is 1. The van der Waals surface area contributed by atoms with Gasteiger partial charge in [0, 0.05) is 22.7 Å². The van der Waals surface area contributed by atoms with Gasteiger partial charge in [-0.2, -0.15) is 0 Å². The number of hydrogen-bond acceptors (Lipinski definition) is 2. The van der Waals surface area contributed by atoms with Crippen molar-refractivity contribution in [3.63, 3.8) is 0 Å². The van der Waals surface area contributed by atoms with Crippen LogP contribution in [0.15, 0.2) is 18.2 Å². The molecular weight excluding hydrogens is 322 g/mol. The van der Waals surface area contributed by atoms with Gasteiger partial charge in [-0.15, -0.1) is 0 Å². The third-order valence-corrected chi connectivity index (χ3v) is 3.57. The maximum atomic E-state index is 12.9. The van der Waals surface area contributed by atoms with Gasteiger partial charge in [0.25, 0.3) is 5.91 Å². The molecule has 0 saturated carbocycles. The SMILES string of the molecule is N[C@@H]1CCN(C(=O)c2ccc(F)cc2I)C1. The minimum absolute atomic E-state index is 0.0580. The van der Waals surface area contributed by atoms with E-state index in [0.29, 0.717) is 22.2 Å². The van der Waals surface area contributed by atoms with E-state index in [9.17, 15) is 9.18 Å². The fourth-order valence-corrected chi connectivity index (χ4v) is 2.51. The van der Waals surface area contributed by atoms with Crippen LogP contribution in [0.1, 0.15) is 16.8 Å². The molecular formula is C11H12FIN2O. The lowest BCUT2D eigenvalue weighted by molar-refractivity contribution is 0.0790. The van der Waals surface area contributed by atoms with Crippen molar-refractivity contribution in [3.8, 4) is 0 Å². The van der Waals surface area contributed by atoms with Crippen LogP contribution in [0.3, 0.4) is 0 Å². The Kier molecular flexibility index (Phi) is 3.44. The molecule has 16 heavy (non-hydrogen) atoms. The van der Waals surface area contributed by atoms with Gasteiger partial charge in [-0.25, -0.2) is 4.39 Å². The number of halogens is 2. The summed E-state index contributed by atoms with van der Waals surface area (Å²) >= 11 is 1.97. The lowest BCUT2D eigenvalue weighted by Gasteiger charge is -2.16. The van der Waals surface area contributed by atoms with Crippen molar-refractivity contribution in [2.75, 3.05) is 13.1 Å². The first-order valence-electron chi connectivity index (χ1n) is 5.08. The van der Waals surface area contributed by atoms with Crippen LogP contribution in [0.5, 0.6) is 0 Å². The Morgan fingerprint density at radius 2 is 2.31 bits per heavy atom. The lowest BCUT2D eigenvalue weighted by Crippen LogP contribution is -2.32. The molecule has 0 radical (unpaired) electrons. The molecule has 0 spiro atoms. The van der Waals surface area contributed by atoms with Crippen molar-refractivity contribution in [2.45, 2.75) is 12.5 Å². The van der Waals surface area contributed by atoms with Gasteiger partial charge in [0.15, 0.2) is 0 Å². The minimum atomic E-state index is -0.320. The van der Waals surface area contributed by atoms with Crippen molar-refractivity contribution in [2.24, 2.45) is 5.73 Å². The second-order valence-corrected chi connectivity index (χ2v) is 5.09. The average Bonchev–Trinajstić information content (AvgIpc) is 2.64. The van der Waals surface area contributed by atoms with E-state index in [0.717, 1.165) is 6.42 Å². The smallest absolute Gasteiger partial charge is 0.254 e. The molecule has 1 saturated heterocycles. The largest absolute Gasteiger partial charge is 0.337 e. The first-order valence-corrected chi connectivity index (χ1v) is 6.15. The van der Waals surface area contributed by atoms with Gasteiger partial charge < -0.3 is 10.6 Å².